The van der Waals surface area contributed by atoms with Gasteiger partial charge in [0.15, 0.2) is 11.5 Å². The monoisotopic (exact) mass is 428 g/mol. The van der Waals surface area contributed by atoms with Crippen molar-refractivity contribution in [1.29, 1.82) is 0 Å². The normalized spacial score (nSPS) is 11.4. The van der Waals surface area contributed by atoms with Gasteiger partial charge in [-0.15, -0.1) is 11.3 Å². The second kappa shape index (κ2) is 9.89. The lowest BCUT2D eigenvalue weighted by Crippen LogP contribution is -2.38. The maximum atomic E-state index is 13.3. The summed E-state index contributed by atoms with van der Waals surface area (Å²) in [6, 6.07) is 14.0. The maximum Gasteiger partial charge on any atom is 0.251 e. The largest absolute Gasteiger partial charge is 0.493 e. The fourth-order valence-electron chi connectivity index (χ4n) is 2.88. The molecular weight excluding hydrogens is 407 g/mol. The highest BCUT2D eigenvalue weighted by molar-refractivity contribution is 7.10. The van der Waals surface area contributed by atoms with Crippen molar-refractivity contribution in [2.75, 3.05) is 20.8 Å². The zero-order chi connectivity index (χ0) is 21.5. The molecule has 30 heavy (non-hydrogen) atoms. The Morgan fingerprint density at radius 2 is 1.77 bits per heavy atom. The van der Waals surface area contributed by atoms with Gasteiger partial charge < -0.3 is 20.1 Å². The van der Waals surface area contributed by atoms with Crippen molar-refractivity contribution in [1.82, 2.24) is 10.6 Å². The Bertz CT molecular complexity index is 1010. The van der Waals surface area contributed by atoms with E-state index < -0.39 is 11.9 Å². The van der Waals surface area contributed by atoms with Crippen LogP contribution in [0.1, 0.15) is 26.8 Å². The minimum absolute atomic E-state index is 0.212. The van der Waals surface area contributed by atoms with Crippen LogP contribution in [-0.4, -0.2) is 32.6 Å². The van der Waals surface area contributed by atoms with Gasteiger partial charge in [-0.3, -0.25) is 9.59 Å². The minimum atomic E-state index is -0.434. The molecule has 156 valence electrons. The second-order valence-corrected chi connectivity index (χ2v) is 7.30. The lowest BCUT2D eigenvalue weighted by molar-refractivity contribution is -0.120. The van der Waals surface area contributed by atoms with Gasteiger partial charge in [-0.1, -0.05) is 18.2 Å². The van der Waals surface area contributed by atoms with Crippen LogP contribution in [0.2, 0.25) is 0 Å². The molecule has 0 bridgehead atoms. The molecule has 0 spiro atoms. The molecular formula is C22H21FN2O4S. The second-order valence-electron chi connectivity index (χ2n) is 6.32. The van der Waals surface area contributed by atoms with Crippen LogP contribution < -0.4 is 20.1 Å². The number of ether oxygens (including phenoxy) is 2. The van der Waals surface area contributed by atoms with Crippen molar-refractivity contribution >= 4 is 23.2 Å². The number of hydrogen-bond donors (Lipinski definition) is 2. The number of amides is 2. The van der Waals surface area contributed by atoms with Crippen LogP contribution in [0, 0.1) is 5.82 Å². The fourth-order valence-corrected chi connectivity index (χ4v) is 3.68. The third kappa shape index (κ3) is 5.15. The van der Waals surface area contributed by atoms with Crippen molar-refractivity contribution in [3.8, 4) is 11.5 Å². The molecule has 3 aromatic rings. The zero-order valence-corrected chi connectivity index (χ0v) is 17.3. The molecule has 0 aliphatic heterocycles. The summed E-state index contributed by atoms with van der Waals surface area (Å²) in [7, 11) is 2.99. The summed E-state index contributed by atoms with van der Waals surface area (Å²) in [6.07, 6.45) is 0. The summed E-state index contributed by atoms with van der Waals surface area (Å²) < 4.78 is 23.6. The molecule has 1 atom stereocenters. The molecule has 2 N–H and O–H groups in total. The average molecular weight is 428 g/mol. The molecule has 0 saturated carbocycles. The van der Waals surface area contributed by atoms with Crippen LogP contribution >= 0.6 is 11.3 Å². The molecule has 0 aliphatic rings. The van der Waals surface area contributed by atoms with Gasteiger partial charge >= 0.3 is 0 Å². The molecule has 2 amide bonds. The predicted octanol–water partition coefficient (Wildman–Crippen LogP) is 3.54. The quantitative estimate of drug-likeness (QED) is 0.575. The Morgan fingerprint density at radius 3 is 2.40 bits per heavy atom. The van der Waals surface area contributed by atoms with Crippen LogP contribution in [0.3, 0.4) is 0 Å². The van der Waals surface area contributed by atoms with Crippen LogP contribution in [-0.2, 0) is 4.79 Å². The van der Waals surface area contributed by atoms with E-state index >= 15 is 0 Å². The SMILES string of the molecule is COc1ccc(C(=O)NCC(=O)N[C@H](c2ccc(F)cc2)c2cccs2)cc1OC. The Morgan fingerprint density at radius 1 is 1.03 bits per heavy atom. The third-order valence-corrected chi connectivity index (χ3v) is 5.33. The van der Waals surface area contributed by atoms with Crippen molar-refractivity contribution < 1.29 is 23.5 Å². The molecule has 8 heteroatoms. The van der Waals surface area contributed by atoms with Gasteiger partial charge in [-0.2, -0.15) is 0 Å². The molecule has 1 aromatic heterocycles. The lowest BCUT2D eigenvalue weighted by atomic mass is 10.1. The molecule has 0 unspecified atom stereocenters. The van der Waals surface area contributed by atoms with Gasteiger partial charge in [0.2, 0.25) is 5.91 Å². The van der Waals surface area contributed by atoms with Gasteiger partial charge in [0.25, 0.3) is 5.91 Å². The van der Waals surface area contributed by atoms with E-state index in [4.69, 9.17) is 9.47 Å². The van der Waals surface area contributed by atoms with Crippen LogP contribution in [0.25, 0.3) is 0 Å². The van der Waals surface area contributed by atoms with Gasteiger partial charge in [-0.25, -0.2) is 4.39 Å². The Labute approximate surface area is 177 Å². The number of carbonyl (C=O) groups excluding carboxylic acids is 2. The lowest BCUT2D eigenvalue weighted by Gasteiger charge is -2.18. The Kier molecular flexibility index (Phi) is 7.03. The van der Waals surface area contributed by atoms with Crippen molar-refractivity contribution in [2.45, 2.75) is 6.04 Å². The van der Waals surface area contributed by atoms with Crippen molar-refractivity contribution in [3.63, 3.8) is 0 Å². The standard InChI is InChI=1S/C22H21FN2O4S/c1-28-17-10-7-15(12-18(17)29-2)22(27)24-13-20(26)25-21(19-4-3-11-30-19)14-5-8-16(23)9-6-14/h3-12,21H,13H2,1-2H3,(H,24,27)(H,25,26)/t21-/m1/s1. The molecule has 0 fully saturated rings. The Balaban J connectivity index is 1.66. The number of nitrogens with one attached hydrogen (secondary N) is 2. The first-order chi connectivity index (χ1) is 14.5. The number of rotatable bonds is 8. The van der Waals surface area contributed by atoms with E-state index in [0.29, 0.717) is 17.1 Å². The van der Waals surface area contributed by atoms with E-state index in [2.05, 4.69) is 10.6 Å². The molecule has 6 nitrogen and oxygen atoms in total. The number of carbonyl (C=O) groups is 2. The summed E-state index contributed by atoms with van der Waals surface area (Å²) in [4.78, 5) is 25.8. The average Bonchev–Trinajstić information content (AvgIpc) is 3.30. The van der Waals surface area contributed by atoms with Gasteiger partial charge in [0, 0.05) is 10.4 Å². The maximum absolute atomic E-state index is 13.3. The summed E-state index contributed by atoms with van der Waals surface area (Å²) in [5.74, 6) is -0.210. The van der Waals surface area contributed by atoms with E-state index in [1.54, 1.807) is 30.3 Å². The first-order valence-corrected chi connectivity index (χ1v) is 9.98. The minimum Gasteiger partial charge on any atom is -0.493 e. The predicted molar refractivity (Wildman–Crippen MR) is 113 cm³/mol. The highest BCUT2D eigenvalue weighted by Gasteiger charge is 2.19. The fraction of sp³-hybridized carbons (Fsp3) is 0.182. The van der Waals surface area contributed by atoms with E-state index in [0.717, 1.165) is 10.4 Å². The highest BCUT2D eigenvalue weighted by Crippen LogP contribution is 2.28. The van der Waals surface area contributed by atoms with Crippen LogP contribution in [0.15, 0.2) is 60.0 Å². The molecule has 3 rings (SSSR count). The summed E-state index contributed by atoms with van der Waals surface area (Å²) in [5.41, 5.74) is 1.09. The van der Waals surface area contributed by atoms with Gasteiger partial charge in [0.1, 0.15) is 5.82 Å². The van der Waals surface area contributed by atoms with Gasteiger partial charge in [-0.05, 0) is 47.3 Å². The number of halogens is 1. The molecule has 2 aromatic carbocycles. The Hall–Kier alpha value is -3.39. The number of thiophene rings is 1. The van der Waals surface area contributed by atoms with Crippen LogP contribution in [0.5, 0.6) is 11.5 Å². The molecule has 0 radical (unpaired) electrons. The first kappa shape index (κ1) is 21.3. The first-order valence-electron chi connectivity index (χ1n) is 9.10. The van der Waals surface area contributed by atoms with Crippen molar-refractivity contribution in [3.05, 3.63) is 81.8 Å². The number of hydrogen-bond acceptors (Lipinski definition) is 5. The smallest absolute Gasteiger partial charge is 0.251 e. The summed E-state index contributed by atoms with van der Waals surface area (Å²) in [5, 5.41) is 7.39. The zero-order valence-electron chi connectivity index (χ0n) is 16.5. The van der Waals surface area contributed by atoms with E-state index in [9.17, 15) is 14.0 Å². The molecule has 0 saturated heterocycles. The van der Waals surface area contributed by atoms with E-state index in [-0.39, 0.29) is 18.3 Å². The van der Waals surface area contributed by atoms with Crippen LogP contribution in [0.4, 0.5) is 4.39 Å². The molecule has 0 aliphatic carbocycles. The van der Waals surface area contributed by atoms with E-state index in [1.165, 1.54) is 37.7 Å². The summed E-state index contributed by atoms with van der Waals surface area (Å²) >= 11 is 1.48. The van der Waals surface area contributed by atoms with Gasteiger partial charge in [0.05, 0.1) is 26.8 Å². The topological polar surface area (TPSA) is 76.7 Å². The summed E-state index contributed by atoms with van der Waals surface area (Å²) in [6.45, 7) is -0.212. The number of benzene rings is 2. The third-order valence-electron chi connectivity index (χ3n) is 4.39. The molecule has 1 heterocycles. The van der Waals surface area contributed by atoms with E-state index in [1.807, 2.05) is 17.5 Å². The highest BCUT2D eigenvalue weighted by atomic mass is 32.1. The van der Waals surface area contributed by atoms with Crippen molar-refractivity contribution in [2.24, 2.45) is 0 Å². The number of methoxy groups -OCH3 is 2.